The number of piperidine rings is 1. The number of benzene rings is 3. The van der Waals surface area contributed by atoms with Gasteiger partial charge in [-0.1, -0.05) is 36.4 Å². The van der Waals surface area contributed by atoms with E-state index in [2.05, 4.69) is 52.5 Å². The molecular weight excluding hydrogens is 390 g/mol. The van der Waals surface area contributed by atoms with Crippen LogP contribution in [-0.4, -0.2) is 44.1 Å². The summed E-state index contributed by atoms with van der Waals surface area (Å²) >= 11 is 0. The molecule has 0 aliphatic carbocycles. The second-order valence-corrected chi connectivity index (χ2v) is 8.57. The standard InChI is InChI=1S/C25H23N3O3/c1-27-16-9-3-7-13-21(16)31-23-18-14-29-20-12-6-4-10-17(20)28(18)25-24(22(23)27)30-19-11-5-2-8-15(19)26-25/h2-13,18,22-26H,14H2,1H3. The zero-order valence-electron chi connectivity index (χ0n) is 17.1. The molecule has 0 radical (unpaired) electrons. The van der Waals surface area contributed by atoms with Gasteiger partial charge in [0, 0.05) is 7.05 Å². The fourth-order valence-corrected chi connectivity index (χ4v) is 5.62. The first-order valence-electron chi connectivity index (χ1n) is 10.8. The highest BCUT2D eigenvalue weighted by Gasteiger charge is 2.58. The summed E-state index contributed by atoms with van der Waals surface area (Å²) in [6.07, 6.45) is -0.259. The smallest absolute Gasteiger partial charge is 0.161 e. The van der Waals surface area contributed by atoms with Crippen molar-refractivity contribution < 1.29 is 14.2 Å². The minimum absolute atomic E-state index is 0.0378. The molecular formula is C25H23N3O3. The van der Waals surface area contributed by atoms with Gasteiger partial charge in [-0.25, -0.2) is 0 Å². The van der Waals surface area contributed by atoms with E-state index in [1.807, 2.05) is 42.5 Å². The van der Waals surface area contributed by atoms with Gasteiger partial charge in [-0.05, 0) is 36.4 Å². The number of hydrogen-bond donors (Lipinski definition) is 1. The second-order valence-electron chi connectivity index (χ2n) is 8.57. The summed E-state index contributed by atoms with van der Waals surface area (Å²) < 4.78 is 19.6. The van der Waals surface area contributed by atoms with Crippen LogP contribution in [0.25, 0.3) is 0 Å². The van der Waals surface area contributed by atoms with Crippen LogP contribution in [0.2, 0.25) is 0 Å². The number of nitrogens with one attached hydrogen (secondary N) is 1. The third kappa shape index (κ3) is 2.33. The van der Waals surface area contributed by atoms with Gasteiger partial charge in [-0.15, -0.1) is 0 Å². The average molecular weight is 413 g/mol. The van der Waals surface area contributed by atoms with Gasteiger partial charge in [-0.3, -0.25) is 0 Å². The predicted molar refractivity (Wildman–Crippen MR) is 120 cm³/mol. The molecule has 1 saturated heterocycles. The van der Waals surface area contributed by atoms with E-state index >= 15 is 0 Å². The zero-order valence-corrected chi connectivity index (χ0v) is 17.1. The first-order valence-corrected chi connectivity index (χ1v) is 10.8. The topological polar surface area (TPSA) is 46.2 Å². The lowest BCUT2D eigenvalue weighted by Crippen LogP contribution is -2.77. The predicted octanol–water partition coefficient (Wildman–Crippen LogP) is 3.73. The van der Waals surface area contributed by atoms with Crippen LogP contribution in [0.1, 0.15) is 0 Å². The van der Waals surface area contributed by atoms with Gasteiger partial charge in [0.2, 0.25) is 0 Å². The van der Waals surface area contributed by atoms with Crippen LogP contribution < -0.4 is 29.3 Å². The molecule has 1 N–H and O–H groups in total. The van der Waals surface area contributed by atoms with E-state index in [9.17, 15) is 0 Å². The zero-order chi connectivity index (χ0) is 20.5. The molecule has 5 unspecified atom stereocenters. The molecule has 7 rings (SSSR count). The molecule has 0 spiro atoms. The Hall–Kier alpha value is -3.54. The summed E-state index contributed by atoms with van der Waals surface area (Å²) in [6, 6.07) is 24.7. The van der Waals surface area contributed by atoms with Gasteiger partial charge in [-0.2, -0.15) is 0 Å². The maximum absolute atomic E-state index is 6.69. The lowest BCUT2D eigenvalue weighted by atomic mass is 9.84. The van der Waals surface area contributed by atoms with Crippen molar-refractivity contribution in [3.63, 3.8) is 0 Å². The van der Waals surface area contributed by atoms with E-state index in [0.29, 0.717) is 6.61 Å². The van der Waals surface area contributed by atoms with E-state index < -0.39 is 0 Å². The number of ether oxygens (including phenoxy) is 3. The molecule has 0 amide bonds. The Morgan fingerprint density at radius 1 is 0.774 bits per heavy atom. The van der Waals surface area contributed by atoms with Gasteiger partial charge in [0.1, 0.15) is 48.2 Å². The molecule has 6 heteroatoms. The Morgan fingerprint density at radius 2 is 1.45 bits per heavy atom. The van der Waals surface area contributed by atoms with Crippen LogP contribution in [0.15, 0.2) is 72.8 Å². The average Bonchev–Trinajstić information content (AvgIpc) is 2.82. The monoisotopic (exact) mass is 413 g/mol. The minimum Gasteiger partial charge on any atom is -0.489 e. The number of para-hydroxylation sites is 6. The van der Waals surface area contributed by atoms with E-state index in [4.69, 9.17) is 14.2 Å². The summed E-state index contributed by atoms with van der Waals surface area (Å²) in [4.78, 5) is 4.75. The summed E-state index contributed by atoms with van der Waals surface area (Å²) in [6.45, 7) is 0.570. The number of anilines is 3. The largest absolute Gasteiger partial charge is 0.489 e. The SMILES string of the molecule is CN1c2ccccc2OC2C1C1Oc3ccccc3NC1N1c3ccccc3OCC21. The van der Waals surface area contributed by atoms with Crippen LogP contribution >= 0.6 is 0 Å². The summed E-state index contributed by atoms with van der Waals surface area (Å²) in [5.41, 5.74) is 3.19. The summed E-state index contributed by atoms with van der Waals surface area (Å²) in [5, 5.41) is 3.78. The molecule has 5 atom stereocenters. The highest BCUT2D eigenvalue weighted by atomic mass is 16.5. The van der Waals surface area contributed by atoms with Crippen LogP contribution in [0.3, 0.4) is 0 Å². The van der Waals surface area contributed by atoms with Crippen molar-refractivity contribution in [2.45, 2.75) is 30.5 Å². The maximum Gasteiger partial charge on any atom is 0.161 e. The van der Waals surface area contributed by atoms with Crippen molar-refractivity contribution in [3.05, 3.63) is 72.8 Å². The van der Waals surface area contributed by atoms with E-state index in [0.717, 1.165) is 34.3 Å². The molecule has 4 heterocycles. The molecule has 0 saturated carbocycles. The molecule has 0 aromatic heterocycles. The molecule has 3 aromatic carbocycles. The van der Waals surface area contributed by atoms with Crippen LogP contribution in [0, 0.1) is 0 Å². The fourth-order valence-electron chi connectivity index (χ4n) is 5.62. The lowest BCUT2D eigenvalue weighted by molar-refractivity contribution is -0.00487. The lowest BCUT2D eigenvalue weighted by Gasteiger charge is -2.59. The van der Waals surface area contributed by atoms with E-state index in [1.54, 1.807) is 0 Å². The Morgan fingerprint density at radius 3 is 2.32 bits per heavy atom. The fraction of sp³-hybridized carbons (Fsp3) is 0.280. The molecule has 0 bridgehead atoms. The summed E-state index contributed by atoms with van der Waals surface area (Å²) in [7, 11) is 2.15. The molecule has 31 heavy (non-hydrogen) atoms. The Bertz CT molecular complexity index is 1170. The van der Waals surface area contributed by atoms with Crippen molar-refractivity contribution in [1.82, 2.24) is 0 Å². The molecule has 4 aliphatic heterocycles. The maximum atomic E-state index is 6.69. The third-order valence-corrected chi connectivity index (χ3v) is 6.98. The van der Waals surface area contributed by atoms with Gasteiger partial charge in [0.15, 0.2) is 6.10 Å². The van der Waals surface area contributed by atoms with Crippen LogP contribution in [0.4, 0.5) is 17.1 Å². The van der Waals surface area contributed by atoms with Crippen molar-refractivity contribution in [2.75, 3.05) is 28.8 Å². The minimum atomic E-state index is -0.124. The van der Waals surface area contributed by atoms with Crippen molar-refractivity contribution >= 4 is 17.1 Å². The quantitative estimate of drug-likeness (QED) is 0.606. The molecule has 1 fully saturated rings. The number of fused-ring (bicyclic) bond motifs is 10. The third-order valence-electron chi connectivity index (χ3n) is 6.98. The first-order chi connectivity index (χ1) is 15.3. The Labute approximate surface area is 180 Å². The van der Waals surface area contributed by atoms with Crippen LogP contribution in [0.5, 0.6) is 17.2 Å². The van der Waals surface area contributed by atoms with Gasteiger partial charge < -0.3 is 29.3 Å². The molecule has 156 valence electrons. The molecule has 6 nitrogen and oxygen atoms in total. The van der Waals surface area contributed by atoms with Crippen molar-refractivity contribution in [3.8, 4) is 17.2 Å². The molecule has 4 aliphatic rings. The normalized spacial score (nSPS) is 29.3. The summed E-state index contributed by atoms with van der Waals surface area (Å²) in [5.74, 6) is 2.70. The second kappa shape index (κ2) is 6.23. The van der Waals surface area contributed by atoms with Gasteiger partial charge >= 0.3 is 0 Å². The van der Waals surface area contributed by atoms with Crippen molar-refractivity contribution in [2.24, 2.45) is 0 Å². The van der Waals surface area contributed by atoms with Crippen molar-refractivity contribution in [1.29, 1.82) is 0 Å². The number of nitrogens with zero attached hydrogens (tertiary/aromatic N) is 2. The van der Waals surface area contributed by atoms with Gasteiger partial charge in [0.25, 0.3) is 0 Å². The Kier molecular flexibility index (Phi) is 3.45. The number of rotatable bonds is 0. The number of hydrogen-bond acceptors (Lipinski definition) is 6. The first kappa shape index (κ1) is 17.2. The highest BCUT2D eigenvalue weighted by Crippen LogP contribution is 2.48. The van der Waals surface area contributed by atoms with E-state index in [1.165, 1.54) is 0 Å². The van der Waals surface area contributed by atoms with E-state index in [-0.39, 0.29) is 30.5 Å². The number of likely N-dealkylation sites (N-methyl/N-ethyl adjacent to an activating group) is 1. The Balaban J connectivity index is 1.41. The molecule has 3 aromatic rings. The van der Waals surface area contributed by atoms with Gasteiger partial charge in [0.05, 0.1) is 17.1 Å². The highest BCUT2D eigenvalue weighted by molar-refractivity contribution is 5.69. The van der Waals surface area contributed by atoms with Crippen LogP contribution in [-0.2, 0) is 0 Å².